The van der Waals surface area contributed by atoms with Gasteiger partial charge in [0.2, 0.25) is 0 Å². The monoisotopic (exact) mass is 297 g/mol. The van der Waals surface area contributed by atoms with Crippen LogP contribution in [0.15, 0.2) is 22.7 Å². The Labute approximate surface area is 119 Å². The molecule has 1 aliphatic rings. The second-order valence-electron chi connectivity index (χ2n) is 4.89. The first-order valence-corrected chi connectivity index (χ1v) is 6.64. The number of rotatable bonds is 4. The molecule has 0 bridgehead atoms. The average Bonchev–Trinajstić information content (AvgIpc) is 2.86. The smallest absolute Gasteiger partial charge is 0.264 e. The minimum Gasteiger partial charge on any atom is -0.484 e. The number of nitrogens with zero attached hydrogens (tertiary/aromatic N) is 2. The van der Waals surface area contributed by atoms with Crippen LogP contribution in [0.5, 0.6) is 5.75 Å². The van der Waals surface area contributed by atoms with E-state index in [1.807, 2.05) is 0 Å². The maximum atomic E-state index is 13.0. The maximum absolute atomic E-state index is 13.0. The number of nitrogens with two attached hydrogens (primary N) is 1. The van der Waals surface area contributed by atoms with E-state index in [1.54, 1.807) is 0 Å². The number of halogens is 2. The Morgan fingerprint density at radius 1 is 1.45 bits per heavy atom. The molecule has 3 rings (SSSR count). The quantitative estimate of drug-likeness (QED) is 0.939. The van der Waals surface area contributed by atoms with Crippen molar-refractivity contribution in [1.82, 2.24) is 10.1 Å². The molecule has 0 amide bonds. The average molecular weight is 298 g/mol. The first-order chi connectivity index (χ1) is 9.57. The lowest BCUT2D eigenvalue weighted by Crippen LogP contribution is -2.44. The Balaban J connectivity index is 1.65. The molecule has 2 aromatic rings. The standard InChI is InChI=1S/C13H13ClFN3O2/c14-9-6-8(2-3-10(9)15)19-7-11-17-12(18-20-11)13(16)4-1-5-13/h2-3,6H,1,4-5,7,16H2. The summed E-state index contributed by atoms with van der Waals surface area (Å²) < 4.78 is 23.5. The normalized spacial score (nSPS) is 16.8. The highest BCUT2D eigenvalue weighted by atomic mass is 35.5. The van der Waals surface area contributed by atoms with Crippen molar-refractivity contribution >= 4 is 11.6 Å². The Hall–Kier alpha value is -1.66. The van der Waals surface area contributed by atoms with Gasteiger partial charge in [-0.05, 0) is 31.4 Å². The van der Waals surface area contributed by atoms with Crippen LogP contribution in [0.4, 0.5) is 4.39 Å². The second-order valence-corrected chi connectivity index (χ2v) is 5.29. The molecule has 0 radical (unpaired) electrons. The lowest BCUT2D eigenvalue weighted by Gasteiger charge is -2.34. The van der Waals surface area contributed by atoms with Crippen LogP contribution in [0.3, 0.4) is 0 Å². The predicted octanol–water partition coefficient (Wildman–Crippen LogP) is 2.78. The van der Waals surface area contributed by atoms with Gasteiger partial charge in [-0.15, -0.1) is 0 Å². The summed E-state index contributed by atoms with van der Waals surface area (Å²) in [5.41, 5.74) is 5.64. The van der Waals surface area contributed by atoms with Crippen LogP contribution >= 0.6 is 11.6 Å². The van der Waals surface area contributed by atoms with Gasteiger partial charge in [0, 0.05) is 6.07 Å². The minimum atomic E-state index is -0.492. The molecule has 1 fully saturated rings. The maximum Gasteiger partial charge on any atom is 0.264 e. The van der Waals surface area contributed by atoms with E-state index >= 15 is 0 Å². The van der Waals surface area contributed by atoms with E-state index in [1.165, 1.54) is 18.2 Å². The fourth-order valence-corrected chi connectivity index (χ4v) is 2.18. The Morgan fingerprint density at radius 2 is 2.25 bits per heavy atom. The Kier molecular flexibility index (Phi) is 3.35. The van der Waals surface area contributed by atoms with Gasteiger partial charge in [-0.3, -0.25) is 0 Å². The van der Waals surface area contributed by atoms with E-state index in [-0.39, 0.29) is 11.6 Å². The Bertz CT molecular complexity index is 628. The molecule has 0 aliphatic heterocycles. The summed E-state index contributed by atoms with van der Waals surface area (Å²) in [4.78, 5) is 4.22. The van der Waals surface area contributed by atoms with E-state index in [0.717, 1.165) is 19.3 Å². The highest BCUT2D eigenvalue weighted by molar-refractivity contribution is 6.30. The van der Waals surface area contributed by atoms with Gasteiger partial charge < -0.3 is 15.0 Å². The van der Waals surface area contributed by atoms with Gasteiger partial charge in [0.1, 0.15) is 11.6 Å². The van der Waals surface area contributed by atoms with Gasteiger partial charge in [0.15, 0.2) is 12.4 Å². The number of hydrogen-bond donors (Lipinski definition) is 1. The first-order valence-electron chi connectivity index (χ1n) is 6.27. The van der Waals surface area contributed by atoms with Crippen molar-refractivity contribution < 1.29 is 13.7 Å². The third-order valence-electron chi connectivity index (χ3n) is 3.41. The van der Waals surface area contributed by atoms with Crippen LogP contribution in [-0.4, -0.2) is 10.1 Å². The molecule has 1 aromatic heterocycles. The van der Waals surface area contributed by atoms with E-state index in [9.17, 15) is 4.39 Å². The van der Waals surface area contributed by atoms with Crippen molar-refractivity contribution in [3.05, 3.63) is 40.8 Å². The van der Waals surface area contributed by atoms with Crippen molar-refractivity contribution in [3.8, 4) is 5.75 Å². The highest BCUT2D eigenvalue weighted by Gasteiger charge is 2.38. The molecule has 1 saturated carbocycles. The fourth-order valence-electron chi connectivity index (χ4n) is 2.01. The third-order valence-corrected chi connectivity index (χ3v) is 3.70. The first kappa shape index (κ1) is 13.3. The number of aromatic nitrogens is 2. The summed E-state index contributed by atoms with van der Waals surface area (Å²) in [6.45, 7) is 0.0883. The molecule has 7 heteroatoms. The van der Waals surface area contributed by atoms with Crippen molar-refractivity contribution in [3.63, 3.8) is 0 Å². The number of ether oxygens (including phenoxy) is 1. The van der Waals surface area contributed by atoms with Gasteiger partial charge in [-0.1, -0.05) is 16.8 Å². The summed E-state index contributed by atoms with van der Waals surface area (Å²) in [5, 5.41) is 3.88. The Morgan fingerprint density at radius 3 is 2.90 bits per heavy atom. The van der Waals surface area contributed by atoms with E-state index < -0.39 is 11.4 Å². The number of hydrogen-bond acceptors (Lipinski definition) is 5. The largest absolute Gasteiger partial charge is 0.484 e. The lowest BCUT2D eigenvalue weighted by molar-refractivity contribution is 0.223. The van der Waals surface area contributed by atoms with Gasteiger partial charge in [0.05, 0.1) is 10.6 Å². The van der Waals surface area contributed by atoms with Gasteiger partial charge in [-0.25, -0.2) is 4.39 Å². The SMILES string of the molecule is NC1(c2noc(COc3ccc(F)c(Cl)c3)n2)CCC1. The fraction of sp³-hybridized carbons (Fsp3) is 0.385. The van der Waals surface area contributed by atoms with E-state index in [2.05, 4.69) is 10.1 Å². The molecule has 2 N–H and O–H groups in total. The summed E-state index contributed by atoms with van der Waals surface area (Å²) >= 11 is 5.66. The second kappa shape index (κ2) is 5.03. The van der Waals surface area contributed by atoms with Crippen LogP contribution in [0, 0.1) is 5.82 Å². The summed E-state index contributed by atoms with van der Waals surface area (Å²) in [5.74, 6) is 0.785. The molecule has 106 valence electrons. The lowest BCUT2D eigenvalue weighted by atomic mass is 9.77. The molecular weight excluding hydrogens is 285 g/mol. The molecular formula is C13H13ClFN3O2. The van der Waals surface area contributed by atoms with Crippen LogP contribution in [-0.2, 0) is 12.1 Å². The van der Waals surface area contributed by atoms with Crippen LogP contribution in [0.1, 0.15) is 31.0 Å². The van der Waals surface area contributed by atoms with E-state index in [4.69, 9.17) is 26.6 Å². The zero-order valence-corrected chi connectivity index (χ0v) is 11.4. The predicted molar refractivity (Wildman–Crippen MR) is 69.8 cm³/mol. The van der Waals surface area contributed by atoms with Gasteiger partial charge in [0.25, 0.3) is 5.89 Å². The van der Waals surface area contributed by atoms with Crippen LogP contribution in [0.25, 0.3) is 0 Å². The van der Waals surface area contributed by atoms with E-state index in [0.29, 0.717) is 17.5 Å². The molecule has 1 aliphatic carbocycles. The van der Waals surface area contributed by atoms with Crippen molar-refractivity contribution in [2.75, 3.05) is 0 Å². The molecule has 1 heterocycles. The highest BCUT2D eigenvalue weighted by Crippen LogP contribution is 2.36. The summed E-state index contributed by atoms with van der Waals surface area (Å²) in [7, 11) is 0. The molecule has 0 spiro atoms. The minimum absolute atomic E-state index is 0.00379. The molecule has 0 atom stereocenters. The zero-order valence-electron chi connectivity index (χ0n) is 10.6. The van der Waals surface area contributed by atoms with Crippen molar-refractivity contribution in [1.29, 1.82) is 0 Å². The summed E-state index contributed by atoms with van der Waals surface area (Å²) in [6, 6.07) is 4.11. The third kappa shape index (κ3) is 2.48. The van der Waals surface area contributed by atoms with Crippen LogP contribution < -0.4 is 10.5 Å². The molecule has 0 saturated heterocycles. The molecule has 20 heavy (non-hydrogen) atoms. The van der Waals surface area contributed by atoms with Crippen molar-refractivity contribution in [2.45, 2.75) is 31.4 Å². The molecule has 0 unspecified atom stereocenters. The van der Waals surface area contributed by atoms with Gasteiger partial charge in [-0.2, -0.15) is 4.98 Å². The van der Waals surface area contributed by atoms with Gasteiger partial charge >= 0.3 is 0 Å². The van der Waals surface area contributed by atoms with Crippen LogP contribution in [0.2, 0.25) is 5.02 Å². The summed E-state index contributed by atoms with van der Waals surface area (Å²) in [6.07, 6.45) is 2.80. The molecule has 1 aromatic carbocycles. The topological polar surface area (TPSA) is 74.2 Å². The molecule has 5 nitrogen and oxygen atoms in total. The van der Waals surface area contributed by atoms with Crippen molar-refractivity contribution in [2.24, 2.45) is 5.73 Å². The zero-order chi connectivity index (χ0) is 14.2. The number of benzene rings is 1.